The number of hydrogen-bond acceptors (Lipinski definition) is 15. The molecule has 4 saturated carbocycles. The van der Waals surface area contributed by atoms with Gasteiger partial charge >= 0.3 is 11.9 Å². The van der Waals surface area contributed by atoms with Crippen LogP contribution in [-0.2, 0) is 47.5 Å². The molecule has 328 valence electrons. The summed E-state index contributed by atoms with van der Waals surface area (Å²) in [7, 11) is 0. The highest BCUT2D eigenvalue weighted by atomic mass is 16.7. The Morgan fingerprint density at radius 1 is 0.759 bits per heavy atom. The van der Waals surface area contributed by atoms with Crippen molar-refractivity contribution in [2.45, 2.75) is 204 Å². The number of hydrogen-bond donors (Lipinski definition) is 5. The van der Waals surface area contributed by atoms with Crippen LogP contribution in [0.2, 0.25) is 0 Å². The Hall–Kier alpha value is -1.76. The molecule has 7 fully saturated rings. The number of carbonyl (C=O) groups excluding carboxylic acids is 2. The minimum absolute atomic E-state index is 0.00291. The van der Waals surface area contributed by atoms with Crippen molar-refractivity contribution < 1.29 is 73.0 Å². The summed E-state index contributed by atoms with van der Waals surface area (Å²) in [4.78, 5) is 24.4. The first-order valence-electron chi connectivity index (χ1n) is 21.8. The second kappa shape index (κ2) is 16.2. The summed E-state index contributed by atoms with van der Waals surface area (Å²) in [6.45, 7) is 11.3. The van der Waals surface area contributed by atoms with Crippen molar-refractivity contribution in [3.8, 4) is 0 Å². The zero-order valence-electron chi connectivity index (χ0n) is 34.8. The van der Waals surface area contributed by atoms with Gasteiger partial charge in [-0.15, -0.1) is 0 Å². The van der Waals surface area contributed by atoms with E-state index in [1.54, 1.807) is 13.8 Å². The van der Waals surface area contributed by atoms with E-state index >= 15 is 0 Å². The average molecular weight is 823 g/mol. The highest BCUT2D eigenvalue weighted by molar-refractivity contribution is 5.85. The third-order valence-electron chi connectivity index (χ3n) is 16.1. The molecule has 15 heteroatoms. The molecule has 0 radical (unpaired) electrons. The van der Waals surface area contributed by atoms with Crippen LogP contribution in [0.3, 0.4) is 0 Å². The van der Waals surface area contributed by atoms with Crippen LogP contribution < -0.4 is 0 Å². The monoisotopic (exact) mass is 822 g/mol. The number of aliphatic hydroxyl groups is 5. The van der Waals surface area contributed by atoms with E-state index in [0.29, 0.717) is 18.3 Å². The zero-order valence-corrected chi connectivity index (χ0v) is 34.8. The van der Waals surface area contributed by atoms with Gasteiger partial charge in [0.2, 0.25) is 0 Å². The second-order valence-electron chi connectivity index (χ2n) is 19.5. The lowest BCUT2D eigenvalue weighted by Crippen LogP contribution is -2.62. The number of rotatable bonds is 8. The first kappa shape index (κ1) is 42.9. The molecule has 0 amide bonds. The van der Waals surface area contributed by atoms with E-state index in [9.17, 15) is 35.1 Å². The van der Waals surface area contributed by atoms with Gasteiger partial charge in [-0.1, -0.05) is 13.8 Å². The third kappa shape index (κ3) is 7.60. The molecule has 8 rings (SSSR count). The molecule has 3 saturated heterocycles. The summed E-state index contributed by atoms with van der Waals surface area (Å²) < 4.78 is 48.1. The standard InChI is InChI=1S/C43H66O15/c1-20-38(49)29(45)15-35(52-20)57-40-22(3)54-36(17-31(40)47)58-39-21(2)53-34(16-30(39)46)56-26-9-11-41(5)25(14-26)7-8-28-27(41)10-12-42(6)37(24-13-33(48)51-19-24)32(55-23(4)44)18-43(28,42)50/h13,20-22,25-32,34-40,45-47,49-50H,7-12,14-19H2,1-6H3/t20-,21-,22-,25?,26+,27?,28-,29+,30+,31+,32+,34+,35?,36?,37+,38-,39?,40?,41+,42-,43+/m1/s1. The Balaban J connectivity index is 0.848. The molecular weight excluding hydrogens is 756 g/mol. The molecule has 0 bridgehead atoms. The van der Waals surface area contributed by atoms with Gasteiger partial charge in [-0.2, -0.15) is 0 Å². The number of aliphatic hydroxyl groups excluding tert-OH is 4. The van der Waals surface area contributed by atoms with E-state index in [1.807, 2.05) is 6.92 Å². The summed E-state index contributed by atoms with van der Waals surface area (Å²) in [5, 5.41) is 55.4. The SMILES string of the molecule is CC(=O)O[C@H]1C[C@]2(O)[C@@H]3CCC4C[C@@H](O[C@H]5C[C@H](O)C(OC6C[C@H](O)C(OC7C[C@H](O)[C@H](O)[C@@H](C)O7)[C@@H](C)O6)[C@@H](C)O5)CC[C@]4(C)C3CC[C@]2(C)[C@H]1C1=CC(=O)OC1. The summed E-state index contributed by atoms with van der Waals surface area (Å²) in [5.74, 6) is -0.330. The highest BCUT2D eigenvalue weighted by Crippen LogP contribution is 2.70. The molecule has 4 heterocycles. The van der Waals surface area contributed by atoms with Crippen LogP contribution in [0.5, 0.6) is 0 Å². The van der Waals surface area contributed by atoms with Gasteiger partial charge in [-0.05, 0) is 94.5 Å². The van der Waals surface area contributed by atoms with E-state index in [4.69, 9.17) is 37.9 Å². The zero-order chi connectivity index (χ0) is 41.5. The van der Waals surface area contributed by atoms with E-state index in [1.165, 1.54) is 13.0 Å². The lowest BCUT2D eigenvalue weighted by atomic mass is 9.43. The van der Waals surface area contributed by atoms with Crippen LogP contribution in [-0.4, -0.2) is 136 Å². The molecule has 58 heavy (non-hydrogen) atoms. The van der Waals surface area contributed by atoms with E-state index in [-0.39, 0.29) is 61.2 Å². The molecule has 21 atom stereocenters. The van der Waals surface area contributed by atoms with Crippen LogP contribution in [0.15, 0.2) is 11.6 Å². The fourth-order valence-electron chi connectivity index (χ4n) is 13.2. The topological polar surface area (TPSA) is 209 Å². The molecule has 0 aromatic rings. The maximum atomic E-state index is 12.8. The van der Waals surface area contributed by atoms with Crippen molar-refractivity contribution in [1.29, 1.82) is 0 Å². The molecule has 4 aliphatic heterocycles. The van der Waals surface area contributed by atoms with Gasteiger partial charge in [0.05, 0.1) is 48.3 Å². The van der Waals surface area contributed by atoms with E-state index < -0.39 is 90.9 Å². The Bertz CT molecular complexity index is 1520. The normalized spacial score (nSPS) is 53.2. The van der Waals surface area contributed by atoms with Gasteiger partial charge in [-0.25, -0.2) is 4.79 Å². The quantitative estimate of drug-likeness (QED) is 0.176. The average Bonchev–Trinajstić information content (AvgIpc) is 3.66. The first-order valence-corrected chi connectivity index (χ1v) is 21.8. The summed E-state index contributed by atoms with van der Waals surface area (Å²) in [6.07, 6.45) is -1.36. The Labute approximate surface area is 341 Å². The largest absolute Gasteiger partial charge is 0.462 e. The number of esters is 2. The van der Waals surface area contributed by atoms with E-state index in [2.05, 4.69) is 13.8 Å². The van der Waals surface area contributed by atoms with Crippen LogP contribution in [0, 0.1) is 34.5 Å². The van der Waals surface area contributed by atoms with Crippen molar-refractivity contribution in [2.75, 3.05) is 6.61 Å². The van der Waals surface area contributed by atoms with Crippen molar-refractivity contribution in [1.82, 2.24) is 0 Å². The predicted molar refractivity (Wildman–Crippen MR) is 202 cm³/mol. The fourth-order valence-corrected chi connectivity index (χ4v) is 13.2. The Morgan fingerprint density at radius 2 is 1.36 bits per heavy atom. The number of carbonyl (C=O) groups is 2. The predicted octanol–water partition coefficient (Wildman–Crippen LogP) is 2.79. The minimum Gasteiger partial charge on any atom is -0.462 e. The van der Waals surface area contributed by atoms with Gasteiger partial charge in [0, 0.05) is 50.0 Å². The molecule has 0 spiro atoms. The van der Waals surface area contributed by atoms with E-state index in [0.717, 1.165) is 50.5 Å². The highest BCUT2D eigenvalue weighted by Gasteiger charge is 2.71. The first-order chi connectivity index (χ1) is 27.4. The number of cyclic esters (lactones) is 1. The van der Waals surface area contributed by atoms with Crippen molar-refractivity contribution >= 4 is 11.9 Å². The molecule has 6 unspecified atom stereocenters. The molecule has 0 aromatic carbocycles. The van der Waals surface area contributed by atoms with Crippen molar-refractivity contribution in [3.05, 3.63) is 11.6 Å². The summed E-state index contributed by atoms with van der Waals surface area (Å²) in [6, 6.07) is 0. The maximum absolute atomic E-state index is 12.8. The van der Waals surface area contributed by atoms with Gasteiger partial charge in [0.1, 0.15) is 31.0 Å². The van der Waals surface area contributed by atoms with Crippen LogP contribution >= 0.6 is 0 Å². The third-order valence-corrected chi connectivity index (χ3v) is 16.1. The number of fused-ring (bicyclic) bond motifs is 5. The van der Waals surface area contributed by atoms with Crippen LogP contribution in [0.1, 0.15) is 112 Å². The van der Waals surface area contributed by atoms with Gasteiger partial charge in [0.25, 0.3) is 0 Å². The smallest absolute Gasteiger partial charge is 0.331 e. The number of ether oxygens (including phenoxy) is 8. The second-order valence-corrected chi connectivity index (χ2v) is 19.5. The lowest BCUT2D eigenvalue weighted by molar-refractivity contribution is -0.336. The Morgan fingerprint density at radius 3 is 1.93 bits per heavy atom. The molecule has 8 aliphatic rings. The van der Waals surface area contributed by atoms with Gasteiger partial charge in [-0.3, -0.25) is 4.79 Å². The fraction of sp³-hybridized carbons (Fsp3) is 0.907. The molecule has 0 aromatic heterocycles. The van der Waals surface area contributed by atoms with Crippen LogP contribution in [0.4, 0.5) is 0 Å². The van der Waals surface area contributed by atoms with Crippen molar-refractivity contribution in [2.24, 2.45) is 34.5 Å². The lowest BCUT2D eigenvalue weighted by Gasteiger charge is -2.63. The summed E-state index contributed by atoms with van der Waals surface area (Å²) >= 11 is 0. The van der Waals surface area contributed by atoms with Gasteiger partial charge in [0.15, 0.2) is 18.9 Å². The molecule has 5 N–H and O–H groups in total. The molecular formula is C43H66O15. The van der Waals surface area contributed by atoms with Crippen LogP contribution in [0.25, 0.3) is 0 Å². The Kier molecular flexibility index (Phi) is 12.0. The summed E-state index contributed by atoms with van der Waals surface area (Å²) in [5.41, 5.74) is -0.805. The maximum Gasteiger partial charge on any atom is 0.331 e. The minimum atomic E-state index is -1.05. The van der Waals surface area contributed by atoms with Crippen molar-refractivity contribution in [3.63, 3.8) is 0 Å². The molecule has 15 nitrogen and oxygen atoms in total. The molecule has 4 aliphatic carbocycles. The van der Waals surface area contributed by atoms with Gasteiger partial charge < -0.3 is 63.4 Å².